The fraction of sp³-hybridized carbons (Fsp3) is 0.227. The third-order valence-electron chi connectivity index (χ3n) is 4.17. The van der Waals surface area contributed by atoms with Gasteiger partial charge in [0.25, 0.3) is 0 Å². The molecular formula is C22H24N2O4. The second kappa shape index (κ2) is 9.50. The molecule has 0 radical (unpaired) electrons. The van der Waals surface area contributed by atoms with Crippen LogP contribution in [-0.4, -0.2) is 43.4 Å². The highest BCUT2D eigenvalue weighted by Crippen LogP contribution is 2.16. The van der Waals surface area contributed by atoms with Crippen LogP contribution in [0.15, 0.2) is 48.5 Å². The first kappa shape index (κ1) is 20.9. The van der Waals surface area contributed by atoms with Crippen molar-refractivity contribution in [1.82, 2.24) is 4.90 Å². The number of carbonyl (C=O) groups excluding carboxylic acids is 3. The van der Waals surface area contributed by atoms with E-state index >= 15 is 0 Å². The minimum absolute atomic E-state index is 0.0577. The second-order valence-corrected chi connectivity index (χ2v) is 6.51. The molecule has 6 nitrogen and oxygen atoms in total. The SMILES string of the molecule is COC(=O)c1ccc(/C=C/C(=O)N(C)CC(=O)Nc2cc(C)ccc2C)cc1. The van der Waals surface area contributed by atoms with E-state index in [1.807, 2.05) is 32.0 Å². The van der Waals surface area contributed by atoms with Crippen LogP contribution in [0.3, 0.4) is 0 Å². The Kier molecular flexibility index (Phi) is 7.09. The van der Waals surface area contributed by atoms with E-state index in [9.17, 15) is 14.4 Å². The fourth-order valence-electron chi connectivity index (χ4n) is 2.50. The minimum Gasteiger partial charge on any atom is -0.465 e. The molecule has 0 aliphatic rings. The van der Waals surface area contributed by atoms with Crippen LogP contribution in [0.4, 0.5) is 5.69 Å². The zero-order valence-electron chi connectivity index (χ0n) is 16.5. The lowest BCUT2D eigenvalue weighted by molar-refractivity contribution is -0.129. The molecule has 0 spiro atoms. The molecule has 6 heteroatoms. The average molecular weight is 380 g/mol. The number of anilines is 1. The van der Waals surface area contributed by atoms with E-state index in [-0.39, 0.29) is 18.4 Å². The normalized spacial score (nSPS) is 10.6. The van der Waals surface area contributed by atoms with Crippen molar-refractivity contribution in [3.05, 3.63) is 70.8 Å². The number of nitrogens with one attached hydrogen (secondary N) is 1. The van der Waals surface area contributed by atoms with Crippen molar-refractivity contribution in [2.45, 2.75) is 13.8 Å². The number of benzene rings is 2. The molecule has 0 aliphatic heterocycles. The molecule has 0 atom stereocenters. The van der Waals surface area contributed by atoms with Crippen molar-refractivity contribution in [2.24, 2.45) is 0 Å². The van der Waals surface area contributed by atoms with Gasteiger partial charge in [-0.2, -0.15) is 0 Å². The van der Waals surface area contributed by atoms with Crippen LogP contribution in [-0.2, 0) is 14.3 Å². The van der Waals surface area contributed by atoms with Gasteiger partial charge >= 0.3 is 5.97 Å². The zero-order chi connectivity index (χ0) is 20.7. The number of carbonyl (C=O) groups is 3. The van der Waals surface area contributed by atoms with Crippen molar-refractivity contribution >= 4 is 29.5 Å². The molecular weight excluding hydrogens is 356 g/mol. The maximum atomic E-state index is 12.2. The van der Waals surface area contributed by atoms with E-state index in [1.165, 1.54) is 18.1 Å². The summed E-state index contributed by atoms with van der Waals surface area (Å²) < 4.78 is 4.64. The maximum Gasteiger partial charge on any atom is 0.337 e. The van der Waals surface area contributed by atoms with Crippen molar-refractivity contribution in [1.29, 1.82) is 0 Å². The molecule has 2 amide bonds. The molecule has 2 aromatic rings. The molecule has 0 bridgehead atoms. The summed E-state index contributed by atoms with van der Waals surface area (Å²) >= 11 is 0. The summed E-state index contributed by atoms with van der Waals surface area (Å²) in [6, 6.07) is 12.5. The molecule has 0 unspecified atom stereocenters. The van der Waals surface area contributed by atoms with Gasteiger partial charge in [0.2, 0.25) is 11.8 Å². The highest BCUT2D eigenvalue weighted by molar-refractivity contribution is 5.98. The molecule has 28 heavy (non-hydrogen) atoms. The first-order valence-electron chi connectivity index (χ1n) is 8.79. The Bertz CT molecular complexity index is 901. The lowest BCUT2D eigenvalue weighted by Crippen LogP contribution is -2.34. The molecule has 0 saturated heterocycles. The second-order valence-electron chi connectivity index (χ2n) is 6.51. The first-order valence-corrected chi connectivity index (χ1v) is 8.79. The minimum atomic E-state index is -0.416. The van der Waals surface area contributed by atoms with Crippen molar-refractivity contribution < 1.29 is 19.1 Å². The van der Waals surface area contributed by atoms with Crippen LogP contribution in [0, 0.1) is 13.8 Å². The summed E-state index contributed by atoms with van der Waals surface area (Å²) in [5.41, 5.74) is 3.95. The largest absolute Gasteiger partial charge is 0.465 e. The van der Waals surface area contributed by atoms with Gasteiger partial charge in [-0.25, -0.2) is 4.79 Å². The number of ether oxygens (including phenoxy) is 1. The first-order chi connectivity index (χ1) is 13.3. The molecule has 2 rings (SSSR count). The Morgan fingerprint density at radius 3 is 2.39 bits per heavy atom. The summed E-state index contributed by atoms with van der Waals surface area (Å²) in [5.74, 6) is -0.977. The number of esters is 1. The topological polar surface area (TPSA) is 75.7 Å². The monoisotopic (exact) mass is 380 g/mol. The molecule has 1 N–H and O–H groups in total. The number of nitrogens with zero attached hydrogens (tertiary/aromatic N) is 1. The number of hydrogen-bond donors (Lipinski definition) is 1. The predicted octanol–water partition coefficient (Wildman–Crippen LogP) is 3.20. The van der Waals surface area contributed by atoms with Crippen LogP contribution in [0.25, 0.3) is 6.08 Å². The molecule has 146 valence electrons. The Hall–Kier alpha value is -3.41. The van der Waals surface area contributed by atoms with Crippen molar-refractivity contribution in [3.8, 4) is 0 Å². The Labute approximate surface area is 164 Å². The van der Waals surface area contributed by atoms with Crippen LogP contribution in [0.2, 0.25) is 0 Å². The summed E-state index contributed by atoms with van der Waals surface area (Å²) in [7, 11) is 2.89. The van der Waals surface area contributed by atoms with Gasteiger partial charge in [0.15, 0.2) is 0 Å². The molecule has 0 fully saturated rings. The summed E-state index contributed by atoms with van der Waals surface area (Å²) in [6.07, 6.45) is 3.01. The molecule has 0 saturated carbocycles. The Morgan fingerprint density at radius 1 is 1.07 bits per heavy atom. The maximum absolute atomic E-state index is 12.2. The number of methoxy groups -OCH3 is 1. The van der Waals surface area contributed by atoms with E-state index in [1.54, 1.807) is 37.4 Å². The molecule has 0 aliphatic carbocycles. The third-order valence-corrected chi connectivity index (χ3v) is 4.17. The van der Waals surface area contributed by atoms with Crippen molar-refractivity contribution in [3.63, 3.8) is 0 Å². The standard InChI is InChI=1S/C22H24N2O4/c1-15-5-6-16(2)19(13-15)23-20(25)14-24(3)21(26)12-9-17-7-10-18(11-8-17)22(27)28-4/h5-13H,14H2,1-4H3,(H,23,25)/b12-9+. The van der Waals surface area contributed by atoms with Gasteiger partial charge in [-0.3, -0.25) is 9.59 Å². The van der Waals surface area contributed by atoms with Gasteiger partial charge < -0.3 is 15.0 Å². The molecule has 0 heterocycles. The van der Waals surface area contributed by atoms with Crippen LogP contribution < -0.4 is 5.32 Å². The predicted molar refractivity (Wildman–Crippen MR) is 109 cm³/mol. The van der Waals surface area contributed by atoms with Gasteiger partial charge in [-0.15, -0.1) is 0 Å². The van der Waals surface area contributed by atoms with E-state index in [2.05, 4.69) is 10.1 Å². The lowest BCUT2D eigenvalue weighted by atomic mass is 10.1. The zero-order valence-corrected chi connectivity index (χ0v) is 16.5. The highest BCUT2D eigenvalue weighted by atomic mass is 16.5. The average Bonchev–Trinajstić information content (AvgIpc) is 2.68. The lowest BCUT2D eigenvalue weighted by Gasteiger charge is -2.16. The number of likely N-dealkylation sites (N-methyl/N-ethyl adjacent to an activating group) is 1. The Balaban J connectivity index is 1.92. The van der Waals surface area contributed by atoms with E-state index in [0.717, 1.165) is 22.4 Å². The van der Waals surface area contributed by atoms with Gasteiger partial charge in [0.1, 0.15) is 0 Å². The number of rotatable bonds is 6. The smallest absolute Gasteiger partial charge is 0.337 e. The summed E-state index contributed by atoms with van der Waals surface area (Å²) in [6.45, 7) is 3.81. The quantitative estimate of drug-likeness (QED) is 0.617. The van der Waals surface area contributed by atoms with Crippen molar-refractivity contribution in [2.75, 3.05) is 26.0 Å². The molecule has 2 aromatic carbocycles. The number of amides is 2. The number of aryl methyl sites for hydroxylation is 2. The van der Waals surface area contributed by atoms with Crippen LogP contribution in [0.1, 0.15) is 27.0 Å². The highest BCUT2D eigenvalue weighted by Gasteiger charge is 2.12. The van der Waals surface area contributed by atoms with Crippen LogP contribution >= 0.6 is 0 Å². The van der Waals surface area contributed by atoms with Gasteiger partial charge in [-0.05, 0) is 54.8 Å². The van der Waals surface area contributed by atoms with Gasteiger partial charge in [-0.1, -0.05) is 24.3 Å². The van der Waals surface area contributed by atoms with Gasteiger partial charge in [0.05, 0.1) is 19.2 Å². The van der Waals surface area contributed by atoms with E-state index in [4.69, 9.17) is 0 Å². The molecule has 0 aromatic heterocycles. The number of hydrogen-bond acceptors (Lipinski definition) is 4. The van der Waals surface area contributed by atoms with E-state index < -0.39 is 5.97 Å². The summed E-state index contributed by atoms with van der Waals surface area (Å²) in [4.78, 5) is 37.2. The fourth-order valence-corrected chi connectivity index (χ4v) is 2.50. The van der Waals surface area contributed by atoms with Crippen LogP contribution in [0.5, 0.6) is 0 Å². The summed E-state index contributed by atoms with van der Waals surface area (Å²) in [5, 5.41) is 2.83. The Morgan fingerprint density at radius 2 is 1.75 bits per heavy atom. The van der Waals surface area contributed by atoms with Gasteiger partial charge in [0, 0.05) is 18.8 Å². The van der Waals surface area contributed by atoms with E-state index in [0.29, 0.717) is 5.56 Å². The third kappa shape index (κ3) is 5.81.